The number of rotatable bonds is 3. The highest BCUT2D eigenvalue weighted by molar-refractivity contribution is 6.14. The minimum atomic E-state index is -0.321. The van der Waals surface area contributed by atoms with Gasteiger partial charge in [-0.3, -0.25) is 9.59 Å². The standard InChI is InChI=1S/C15H14O2.C6H4O2/c1-2-12-8-10-13(11-9-12)15(16)17-14-6-4-3-5-7-14;7-5-1-2-6(8)4-3-5/h3-11H,2H2,1H3;1-4H. The van der Waals surface area contributed by atoms with Crippen molar-refractivity contribution in [3.8, 4) is 5.75 Å². The fourth-order valence-electron chi connectivity index (χ4n) is 1.97. The number of ketones is 2. The van der Waals surface area contributed by atoms with Crippen molar-refractivity contribution in [3.05, 3.63) is 90.0 Å². The molecule has 0 spiro atoms. The molecule has 1 aliphatic rings. The second-order valence-corrected chi connectivity index (χ2v) is 5.22. The van der Waals surface area contributed by atoms with Gasteiger partial charge in [-0.25, -0.2) is 4.79 Å². The van der Waals surface area contributed by atoms with Crippen LogP contribution in [0.25, 0.3) is 0 Å². The van der Waals surface area contributed by atoms with Crippen LogP contribution in [0.1, 0.15) is 22.8 Å². The summed E-state index contributed by atoms with van der Waals surface area (Å²) in [5.41, 5.74) is 1.78. The van der Waals surface area contributed by atoms with E-state index in [0.29, 0.717) is 11.3 Å². The second-order valence-electron chi connectivity index (χ2n) is 5.22. The molecule has 0 atom stereocenters. The predicted octanol–water partition coefficient (Wildman–Crippen LogP) is 3.72. The minimum Gasteiger partial charge on any atom is -0.423 e. The van der Waals surface area contributed by atoms with Crippen molar-refractivity contribution < 1.29 is 19.1 Å². The number of aryl methyl sites for hydroxylation is 1. The smallest absolute Gasteiger partial charge is 0.343 e. The molecular formula is C21H18O4. The van der Waals surface area contributed by atoms with E-state index >= 15 is 0 Å². The van der Waals surface area contributed by atoms with Gasteiger partial charge in [-0.1, -0.05) is 37.3 Å². The molecule has 0 saturated carbocycles. The summed E-state index contributed by atoms with van der Waals surface area (Å²) in [4.78, 5) is 32.4. The summed E-state index contributed by atoms with van der Waals surface area (Å²) < 4.78 is 5.23. The summed E-state index contributed by atoms with van der Waals surface area (Å²) in [6, 6.07) is 16.6. The van der Waals surface area contributed by atoms with Crippen LogP contribution in [0.4, 0.5) is 0 Å². The lowest BCUT2D eigenvalue weighted by Gasteiger charge is -2.04. The van der Waals surface area contributed by atoms with Crippen molar-refractivity contribution in [2.75, 3.05) is 0 Å². The molecule has 0 aliphatic heterocycles. The fraction of sp³-hybridized carbons (Fsp3) is 0.0952. The van der Waals surface area contributed by atoms with E-state index in [9.17, 15) is 14.4 Å². The lowest BCUT2D eigenvalue weighted by Crippen LogP contribution is -2.08. The zero-order chi connectivity index (χ0) is 18.1. The molecule has 3 rings (SSSR count). The van der Waals surface area contributed by atoms with E-state index in [1.165, 1.54) is 29.9 Å². The third-order valence-corrected chi connectivity index (χ3v) is 3.38. The van der Waals surface area contributed by atoms with E-state index in [2.05, 4.69) is 6.92 Å². The molecule has 0 fully saturated rings. The summed E-state index contributed by atoms with van der Waals surface area (Å²) in [7, 11) is 0. The van der Waals surface area contributed by atoms with E-state index in [0.717, 1.165) is 6.42 Å². The van der Waals surface area contributed by atoms with Crippen LogP contribution >= 0.6 is 0 Å². The number of esters is 1. The molecule has 126 valence electrons. The van der Waals surface area contributed by atoms with Crippen LogP contribution in [-0.2, 0) is 16.0 Å². The van der Waals surface area contributed by atoms with Gasteiger partial charge in [0.15, 0.2) is 11.6 Å². The molecule has 0 N–H and O–H groups in total. The molecule has 1 aliphatic carbocycles. The monoisotopic (exact) mass is 334 g/mol. The van der Waals surface area contributed by atoms with Crippen LogP contribution in [0, 0.1) is 0 Å². The maximum atomic E-state index is 11.8. The summed E-state index contributed by atoms with van der Waals surface area (Å²) in [6.07, 6.45) is 5.98. The molecule has 0 bridgehead atoms. The Kier molecular flexibility index (Phi) is 6.60. The quantitative estimate of drug-likeness (QED) is 0.488. The molecule has 0 heterocycles. The van der Waals surface area contributed by atoms with Gasteiger partial charge in [0.1, 0.15) is 5.75 Å². The summed E-state index contributed by atoms with van der Waals surface area (Å²) in [5, 5.41) is 0. The molecule has 4 heteroatoms. The molecular weight excluding hydrogens is 316 g/mol. The Hall–Kier alpha value is -3.27. The Bertz CT molecular complexity index is 762. The first-order valence-corrected chi connectivity index (χ1v) is 7.88. The van der Waals surface area contributed by atoms with Gasteiger partial charge >= 0.3 is 5.97 Å². The average Bonchev–Trinajstić information content (AvgIpc) is 2.65. The number of benzene rings is 2. The Morgan fingerprint density at radius 2 is 1.32 bits per heavy atom. The highest BCUT2D eigenvalue weighted by atomic mass is 16.5. The fourth-order valence-corrected chi connectivity index (χ4v) is 1.97. The topological polar surface area (TPSA) is 60.4 Å². The molecule has 25 heavy (non-hydrogen) atoms. The number of hydrogen-bond acceptors (Lipinski definition) is 4. The molecule has 4 nitrogen and oxygen atoms in total. The van der Waals surface area contributed by atoms with Gasteiger partial charge in [-0.2, -0.15) is 0 Å². The van der Waals surface area contributed by atoms with Crippen LogP contribution < -0.4 is 4.74 Å². The SMILES string of the molecule is CCc1ccc(C(=O)Oc2ccccc2)cc1.O=C1C=CC(=O)C=C1. The third-order valence-electron chi connectivity index (χ3n) is 3.38. The van der Waals surface area contributed by atoms with Crippen molar-refractivity contribution >= 4 is 17.5 Å². The summed E-state index contributed by atoms with van der Waals surface area (Å²) >= 11 is 0. The number of allylic oxidation sites excluding steroid dienone is 4. The maximum absolute atomic E-state index is 11.8. The van der Waals surface area contributed by atoms with Gasteiger partial charge in [0, 0.05) is 0 Å². The molecule has 2 aromatic rings. The molecule has 0 amide bonds. The Labute approximate surface area is 146 Å². The van der Waals surface area contributed by atoms with Crippen LogP contribution in [-0.4, -0.2) is 17.5 Å². The zero-order valence-corrected chi connectivity index (χ0v) is 13.8. The van der Waals surface area contributed by atoms with E-state index in [-0.39, 0.29) is 17.5 Å². The van der Waals surface area contributed by atoms with E-state index in [1.807, 2.05) is 30.3 Å². The molecule has 0 radical (unpaired) electrons. The van der Waals surface area contributed by atoms with Crippen LogP contribution in [0.5, 0.6) is 5.75 Å². The lowest BCUT2D eigenvalue weighted by atomic mass is 10.1. The van der Waals surface area contributed by atoms with Crippen molar-refractivity contribution in [2.45, 2.75) is 13.3 Å². The first-order valence-electron chi connectivity index (χ1n) is 7.88. The van der Waals surface area contributed by atoms with E-state index in [4.69, 9.17) is 4.74 Å². The van der Waals surface area contributed by atoms with Crippen molar-refractivity contribution in [1.82, 2.24) is 0 Å². The van der Waals surface area contributed by atoms with Gasteiger partial charge in [-0.15, -0.1) is 0 Å². The average molecular weight is 334 g/mol. The zero-order valence-electron chi connectivity index (χ0n) is 13.8. The predicted molar refractivity (Wildman–Crippen MR) is 95.5 cm³/mol. The number of carbonyl (C=O) groups is 3. The van der Waals surface area contributed by atoms with Gasteiger partial charge in [0.2, 0.25) is 0 Å². The third kappa shape index (κ3) is 6.03. The molecule has 0 saturated heterocycles. The van der Waals surface area contributed by atoms with Crippen molar-refractivity contribution in [2.24, 2.45) is 0 Å². The van der Waals surface area contributed by atoms with Crippen molar-refractivity contribution in [3.63, 3.8) is 0 Å². The summed E-state index contributed by atoms with van der Waals surface area (Å²) in [6.45, 7) is 2.08. The van der Waals surface area contributed by atoms with Crippen LogP contribution in [0.2, 0.25) is 0 Å². The Balaban J connectivity index is 0.000000236. The maximum Gasteiger partial charge on any atom is 0.343 e. The van der Waals surface area contributed by atoms with Gasteiger partial charge < -0.3 is 4.74 Å². The Morgan fingerprint density at radius 3 is 1.80 bits per heavy atom. The Morgan fingerprint density at radius 1 is 0.800 bits per heavy atom. The van der Waals surface area contributed by atoms with Crippen LogP contribution in [0.3, 0.4) is 0 Å². The minimum absolute atomic E-state index is 0.121. The number of ether oxygens (including phenoxy) is 1. The lowest BCUT2D eigenvalue weighted by molar-refractivity contribution is -0.113. The number of hydrogen-bond donors (Lipinski definition) is 0. The van der Waals surface area contributed by atoms with Gasteiger partial charge in [-0.05, 0) is 60.6 Å². The van der Waals surface area contributed by atoms with Crippen molar-refractivity contribution in [1.29, 1.82) is 0 Å². The largest absolute Gasteiger partial charge is 0.423 e. The first kappa shape index (κ1) is 18.1. The highest BCUT2D eigenvalue weighted by Crippen LogP contribution is 2.12. The number of carbonyl (C=O) groups excluding carboxylic acids is 3. The summed E-state index contributed by atoms with van der Waals surface area (Å²) in [5.74, 6) is 0.00474. The van der Waals surface area contributed by atoms with E-state index in [1.54, 1.807) is 24.3 Å². The molecule has 0 aromatic heterocycles. The van der Waals surface area contributed by atoms with Gasteiger partial charge in [0.05, 0.1) is 5.56 Å². The number of para-hydroxylation sites is 1. The molecule has 0 unspecified atom stereocenters. The highest BCUT2D eigenvalue weighted by Gasteiger charge is 2.07. The van der Waals surface area contributed by atoms with Gasteiger partial charge in [0.25, 0.3) is 0 Å². The molecule has 2 aromatic carbocycles. The van der Waals surface area contributed by atoms with Crippen LogP contribution in [0.15, 0.2) is 78.9 Å². The van der Waals surface area contributed by atoms with E-state index < -0.39 is 0 Å². The first-order chi connectivity index (χ1) is 12.1. The second kappa shape index (κ2) is 9.13. The normalized spacial score (nSPS) is 12.4.